The molecule has 0 radical (unpaired) electrons. The first-order valence-electron chi connectivity index (χ1n) is 5.97. The lowest BCUT2D eigenvalue weighted by Crippen LogP contribution is -2.30. The highest BCUT2D eigenvalue weighted by atomic mass is 35.5. The maximum absolute atomic E-state index is 11.9. The molecule has 1 aromatic heterocycles. The summed E-state index contributed by atoms with van der Waals surface area (Å²) in [7, 11) is 1.91. The van der Waals surface area contributed by atoms with Crippen molar-refractivity contribution in [3.63, 3.8) is 0 Å². The molecule has 1 aliphatic heterocycles. The highest BCUT2D eigenvalue weighted by Crippen LogP contribution is 2.07. The molecule has 0 atom stereocenters. The largest absolute Gasteiger partial charge is 0.347 e. The van der Waals surface area contributed by atoms with E-state index < -0.39 is 0 Å². The van der Waals surface area contributed by atoms with E-state index in [0.717, 1.165) is 30.9 Å². The molecule has 2 N–H and O–H groups in total. The minimum absolute atomic E-state index is 0. The highest BCUT2D eigenvalue weighted by Gasteiger charge is 2.11. The number of hydrogen-bond acceptors (Lipinski definition) is 2. The number of halogens is 1. The first-order valence-corrected chi connectivity index (χ1v) is 5.97. The van der Waals surface area contributed by atoms with Crippen LogP contribution in [0.4, 0.5) is 0 Å². The van der Waals surface area contributed by atoms with Crippen LogP contribution in [0.2, 0.25) is 0 Å². The number of carbonyl (C=O) groups is 1. The number of hydrogen-bond donors (Lipinski definition) is 2. The molecule has 0 bridgehead atoms. The molecule has 1 amide bonds. The van der Waals surface area contributed by atoms with Crippen molar-refractivity contribution in [2.24, 2.45) is 7.05 Å². The fourth-order valence-electron chi connectivity index (χ4n) is 1.96. The van der Waals surface area contributed by atoms with Crippen LogP contribution in [0.3, 0.4) is 0 Å². The fraction of sp³-hybridized carbons (Fsp3) is 0.462. The first kappa shape index (κ1) is 14.8. The molecule has 2 rings (SSSR count). The summed E-state index contributed by atoms with van der Waals surface area (Å²) >= 11 is 0. The number of nitrogens with one attached hydrogen (secondary N) is 2. The van der Waals surface area contributed by atoms with Crippen LogP contribution >= 0.6 is 12.4 Å². The van der Waals surface area contributed by atoms with Gasteiger partial charge in [-0.25, -0.2) is 0 Å². The molecule has 0 aliphatic carbocycles. The molecule has 0 saturated heterocycles. The van der Waals surface area contributed by atoms with Crippen LogP contribution in [0.5, 0.6) is 0 Å². The molecule has 2 heterocycles. The molecule has 0 fully saturated rings. The van der Waals surface area contributed by atoms with Gasteiger partial charge in [0.25, 0.3) is 5.91 Å². The van der Waals surface area contributed by atoms with Gasteiger partial charge in [0.15, 0.2) is 0 Å². The van der Waals surface area contributed by atoms with Crippen molar-refractivity contribution in [2.45, 2.75) is 13.3 Å². The average molecular weight is 270 g/mol. The van der Waals surface area contributed by atoms with E-state index in [1.165, 1.54) is 5.57 Å². The van der Waals surface area contributed by atoms with Crippen LogP contribution in [0.15, 0.2) is 23.8 Å². The van der Waals surface area contributed by atoms with Crippen molar-refractivity contribution < 1.29 is 4.79 Å². The normalized spacial score (nSPS) is 14.7. The molecule has 0 aromatic carbocycles. The number of nitrogens with zero attached hydrogens (tertiary/aromatic N) is 1. The smallest absolute Gasteiger partial charge is 0.268 e. The number of aromatic nitrogens is 1. The highest BCUT2D eigenvalue weighted by molar-refractivity contribution is 5.93. The van der Waals surface area contributed by atoms with Gasteiger partial charge >= 0.3 is 0 Å². The van der Waals surface area contributed by atoms with Crippen molar-refractivity contribution in [2.75, 3.05) is 19.6 Å². The predicted octanol–water partition coefficient (Wildman–Crippen LogP) is 1.40. The molecular weight excluding hydrogens is 250 g/mol. The zero-order valence-electron chi connectivity index (χ0n) is 10.8. The van der Waals surface area contributed by atoms with Crippen LogP contribution in [0.1, 0.15) is 22.6 Å². The van der Waals surface area contributed by atoms with Gasteiger partial charge in [-0.2, -0.15) is 0 Å². The Bertz CT molecular complexity index is 451. The molecular formula is C13H20ClN3O. The second-order valence-corrected chi connectivity index (χ2v) is 4.42. The number of carbonyl (C=O) groups excluding carboxylic acids is 1. The van der Waals surface area contributed by atoms with Crippen molar-refractivity contribution in [1.29, 1.82) is 0 Å². The van der Waals surface area contributed by atoms with E-state index in [0.29, 0.717) is 6.54 Å². The summed E-state index contributed by atoms with van der Waals surface area (Å²) in [5.41, 5.74) is 3.12. The van der Waals surface area contributed by atoms with Gasteiger partial charge in [0, 0.05) is 25.8 Å². The predicted molar refractivity (Wildman–Crippen MR) is 75.3 cm³/mol. The molecule has 0 spiro atoms. The minimum Gasteiger partial charge on any atom is -0.347 e. The summed E-state index contributed by atoms with van der Waals surface area (Å²) in [4.78, 5) is 11.9. The maximum Gasteiger partial charge on any atom is 0.268 e. The van der Waals surface area contributed by atoms with Gasteiger partial charge in [-0.15, -0.1) is 12.4 Å². The minimum atomic E-state index is 0. The third kappa shape index (κ3) is 3.37. The van der Waals surface area contributed by atoms with Gasteiger partial charge in [0.1, 0.15) is 5.69 Å². The summed E-state index contributed by atoms with van der Waals surface area (Å²) in [6, 6.07) is 3.82. The third-order valence-electron chi connectivity index (χ3n) is 3.24. The Labute approximate surface area is 114 Å². The Morgan fingerprint density at radius 3 is 2.83 bits per heavy atom. The number of aryl methyl sites for hydroxylation is 1. The third-order valence-corrected chi connectivity index (χ3v) is 3.24. The summed E-state index contributed by atoms with van der Waals surface area (Å²) in [5.74, 6) is 0.0000302. The lowest BCUT2D eigenvalue weighted by atomic mass is 10.1. The Balaban J connectivity index is 0.00000162. The summed E-state index contributed by atoms with van der Waals surface area (Å²) in [6.07, 6.45) is 3.17. The van der Waals surface area contributed by atoms with Gasteiger partial charge in [0.05, 0.1) is 0 Å². The van der Waals surface area contributed by atoms with Crippen molar-refractivity contribution in [3.8, 4) is 0 Å². The van der Waals surface area contributed by atoms with Crippen LogP contribution in [-0.2, 0) is 7.05 Å². The summed E-state index contributed by atoms with van der Waals surface area (Å²) < 4.78 is 1.91. The molecule has 0 saturated carbocycles. The second-order valence-electron chi connectivity index (χ2n) is 4.42. The van der Waals surface area contributed by atoms with Crippen LogP contribution in [0, 0.1) is 6.92 Å². The molecule has 1 aliphatic rings. The standard InChI is InChI=1S/C13H19N3O.ClH/c1-10-3-4-12(16(10)2)13(17)15-9-11-5-7-14-8-6-11;/h3-5,14H,6-9H2,1-2H3,(H,15,17);1H. The fourth-order valence-corrected chi connectivity index (χ4v) is 1.96. The Hall–Kier alpha value is -1.26. The lowest BCUT2D eigenvalue weighted by molar-refractivity contribution is 0.0948. The van der Waals surface area contributed by atoms with Gasteiger partial charge < -0.3 is 15.2 Å². The van der Waals surface area contributed by atoms with Gasteiger partial charge in [-0.05, 0) is 32.0 Å². The zero-order chi connectivity index (χ0) is 12.3. The maximum atomic E-state index is 11.9. The molecule has 5 heteroatoms. The van der Waals surface area contributed by atoms with Crippen molar-refractivity contribution >= 4 is 18.3 Å². The quantitative estimate of drug-likeness (QED) is 0.815. The van der Waals surface area contributed by atoms with E-state index in [2.05, 4.69) is 16.7 Å². The molecule has 1 aromatic rings. The van der Waals surface area contributed by atoms with E-state index in [1.807, 2.05) is 30.7 Å². The van der Waals surface area contributed by atoms with E-state index in [4.69, 9.17) is 0 Å². The Kier molecular flexibility index (Phi) is 5.44. The molecule has 18 heavy (non-hydrogen) atoms. The van der Waals surface area contributed by atoms with E-state index >= 15 is 0 Å². The zero-order valence-corrected chi connectivity index (χ0v) is 11.6. The Morgan fingerprint density at radius 1 is 1.50 bits per heavy atom. The average Bonchev–Trinajstić information content (AvgIpc) is 2.69. The summed E-state index contributed by atoms with van der Waals surface area (Å²) in [5, 5.41) is 6.22. The van der Waals surface area contributed by atoms with E-state index in [1.54, 1.807) is 0 Å². The second kappa shape index (κ2) is 6.61. The van der Waals surface area contributed by atoms with Gasteiger partial charge in [-0.3, -0.25) is 4.79 Å². The van der Waals surface area contributed by atoms with Crippen LogP contribution in [0.25, 0.3) is 0 Å². The molecule has 0 unspecified atom stereocenters. The van der Waals surface area contributed by atoms with Crippen LogP contribution < -0.4 is 10.6 Å². The lowest BCUT2D eigenvalue weighted by Gasteiger charge is -2.14. The monoisotopic (exact) mass is 269 g/mol. The van der Waals surface area contributed by atoms with Crippen molar-refractivity contribution in [3.05, 3.63) is 35.2 Å². The van der Waals surface area contributed by atoms with E-state index in [9.17, 15) is 4.79 Å². The topological polar surface area (TPSA) is 46.1 Å². The molecule has 4 nitrogen and oxygen atoms in total. The Morgan fingerprint density at radius 2 is 2.28 bits per heavy atom. The number of amides is 1. The first-order chi connectivity index (χ1) is 8.18. The van der Waals surface area contributed by atoms with Gasteiger partial charge in [-0.1, -0.05) is 11.6 Å². The van der Waals surface area contributed by atoms with E-state index in [-0.39, 0.29) is 18.3 Å². The SMILES string of the molecule is Cc1ccc(C(=O)NCC2=CCNCC2)n1C.Cl. The molecule has 100 valence electrons. The van der Waals surface area contributed by atoms with Crippen LogP contribution in [-0.4, -0.2) is 30.1 Å². The summed E-state index contributed by atoms with van der Waals surface area (Å²) in [6.45, 7) is 4.57. The van der Waals surface area contributed by atoms with Crippen molar-refractivity contribution in [1.82, 2.24) is 15.2 Å². The van der Waals surface area contributed by atoms with Gasteiger partial charge in [0.2, 0.25) is 0 Å². The number of rotatable bonds is 3.